The van der Waals surface area contributed by atoms with Gasteiger partial charge >= 0.3 is 6.18 Å². The van der Waals surface area contributed by atoms with Crippen molar-refractivity contribution >= 4 is 0 Å². The Hall–Kier alpha value is -1.35. The largest absolute Gasteiger partial charge is 0.484 e. The molecule has 1 aromatic rings. The maximum atomic E-state index is 12.2. The summed E-state index contributed by atoms with van der Waals surface area (Å²) in [7, 11) is 0. The average molecular weight is 418 g/mol. The van der Waals surface area contributed by atoms with Crippen molar-refractivity contribution in [2.45, 2.75) is 51.4 Å². The number of rotatable bonds is 8. The molecule has 0 aromatic heterocycles. The van der Waals surface area contributed by atoms with Gasteiger partial charge in [0, 0.05) is 17.4 Å². The molecule has 8 heteroatoms. The molecule has 0 unspecified atom stereocenters. The Morgan fingerprint density at radius 1 is 0.862 bits per heavy atom. The highest BCUT2D eigenvalue weighted by Gasteiger charge is 2.29. The highest BCUT2D eigenvalue weighted by atomic mass is 19.4. The normalized spacial score (nSPS) is 28.3. The van der Waals surface area contributed by atoms with Gasteiger partial charge in [-0.2, -0.15) is 13.2 Å². The van der Waals surface area contributed by atoms with E-state index in [9.17, 15) is 13.2 Å². The Morgan fingerprint density at radius 3 is 2.03 bits per heavy atom. The molecule has 1 aromatic carbocycles. The zero-order valence-corrected chi connectivity index (χ0v) is 16.7. The first kappa shape index (κ1) is 22.3. The quantitative estimate of drug-likeness (QED) is 0.604. The molecule has 0 aliphatic carbocycles. The summed E-state index contributed by atoms with van der Waals surface area (Å²) in [6, 6.07) is 6.30. The number of hydrogen-bond donors (Lipinski definition) is 0. The van der Waals surface area contributed by atoms with Crippen LogP contribution in [-0.4, -0.2) is 45.5 Å². The van der Waals surface area contributed by atoms with E-state index in [-0.39, 0.29) is 18.0 Å². The number of halogens is 3. The lowest BCUT2D eigenvalue weighted by atomic mass is 10.0. The molecule has 0 saturated carbocycles. The third-order valence-corrected chi connectivity index (χ3v) is 5.06. The summed E-state index contributed by atoms with van der Waals surface area (Å²) in [4.78, 5) is 0. The summed E-state index contributed by atoms with van der Waals surface area (Å²) in [6.07, 6.45) is -1.04. The molecule has 0 atom stereocenters. The van der Waals surface area contributed by atoms with Crippen molar-refractivity contribution in [2.24, 2.45) is 11.8 Å². The summed E-state index contributed by atoms with van der Waals surface area (Å²) in [5, 5.41) is 0. The van der Waals surface area contributed by atoms with Gasteiger partial charge in [-0.1, -0.05) is 25.5 Å². The van der Waals surface area contributed by atoms with Gasteiger partial charge in [0.25, 0.3) is 0 Å². The molecular weight excluding hydrogens is 389 g/mol. The van der Waals surface area contributed by atoms with Gasteiger partial charge in [0.15, 0.2) is 19.2 Å². The number of alkyl halides is 3. The van der Waals surface area contributed by atoms with Gasteiger partial charge < -0.3 is 23.7 Å². The Bertz CT molecular complexity index is 591. The highest BCUT2D eigenvalue weighted by molar-refractivity contribution is 5.28. The van der Waals surface area contributed by atoms with Crippen LogP contribution in [0.15, 0.2) is 24.3 Å². The van der Waals surface area contributed by atoms with Crippen LogP contribution >= 0.6 is 0 Å². The van der Waals surface area contributed by atoms with E-state index >= 15 is 0 Å². The SMILES string of the molecule is CCC[C@H]1CO[C@H](CC[C@H]2CO[C@H](c3ccc(OCC(F)(F)F)cc3)OC2)OC1. The maximum absolute atomic E-state index is 12.2. The van der Waals surface area contributed by atoms with E-state index in [0.29, 0.717) is 19.1 Å². The minimum atomic E-state index is -4.35. The van der Waals surface area contributed by atoms with Gasteiger partial charge in [0.1, 0.15) is 5.75 Å². The van der Waals surface area contributed by atoms with Gasteiger partial charge in [-0.25, -0.2) is 0 Å². The first-order chi connectivity index (χ1) is 13.9. The molecule has 2 saturated heterocycles. The summed E-state index contributed by atoms with van der Waals surface area (Å²) >= 11 is 0. The molecule has 3 rings (SSSR count). The molecule has 2 fully saturated rings. The topological polar surface area (TPSA) is 46.2 Å². The minimum Gasteiger partial charge on any atom is -0.484 e. The predicted molar refractivity (Wildman–Crippen MR) is 99.5 cm³/mol. The van der Waals surface area contributed by atoms with Crippen LogP contribution in [0.4, 0.5) is 13.2 Å². The van der Waals surface area contributed by atoms with Crippen molar-refractivity contribution in [3.63, 3.8) is 0 Å². The molecule has 164 valence electrons. The molecule has 0 spiro atoms. The third-order valence-electron chi connectivity index (χ3n) is 5.06. The van der Waals surface area contributed by atoms with Gasteiger partial charge in [-0.3, -0.25) is 0 Å². The third kappa shape index (κ3) is 7.44. The Morgan fingerprint density at radius 2 is 1.45 bits per heavy atom. The van der Waals surface area contributed by atoms with E-state index in [0.717, 1.165) is 44.5 Å². The first-order valence-corrected chi connectivity index (χ1v) is 10.2. The molecule has 0 N–H and O–H groups in total. The van der Waals surface area contributed by atoms with Crippen LogP contribution in [0.3, 0.4) is 0 Å². The predicted octanol–water partition coefficient (Wildman–Crippen LogP) is 4.86. The zero-order valence-electron chi connectivity index (χ0n) is 16.7. The van der Waals surface area contributed by atoms with Crippen molar-refractivity contribution in [3.05, 3.63) is 29.8 Å². The fraction of sp³-hybridized carbons (Fsp3) is 0.714. The maximum Gasteiger partial charge on any atom is 0.422 e. The van der Waals surface area contributed by atoms with Gasteiger partial charge in [0.05, 0.1) is 26.4 Å². The van der Waals surface area contributed by atoms with E-state index in [1.165, 1.54) is 12.1 Å². The Balaban J connectivity index is 1.35. The summed E-state index contributed by atoms with van der Waals surface area (Å²) < 4.78 is 64.5. The summed E-state index contributed by atoms with van der Waals surface area (Å²) in [5.74, 6) is 0.929. The van der Waals surface area contributed by atoms with Crippen LogP contribution in [0.2, 0.25) is 0 Å². The van der Waals surface area contributed by atoms with Gasteiger partial charge in [-0.15, -0.1) is 0 Å². The van der Waals surface area contributed by atoms with Crippen LogP contribution in [0.1, 0.15) is 44.5 Å². The number of hydrogen-bond acceptors (Lipinski definition) is 5. The monoisotopic (exact) mass is 418 g/mol. The molecule has 2 heterocycles. The average Bonchev–Trinajstić information content (AvgIpc) is 2.72. The lowest BCUT2D eigenvalue weighted by Crippen LogP contribution is -2.33. The molecular formula is C21H29F3O5. The first-order valence-electron chi connectivity index (χ1n) is 10.2. The van der Waals surface area contributed by atoms with Crippen molar-refractivity contribution in [1.29, 1.82) is 0 Å². The lowest BCUT2D eigenvalue weighted by molar-refractivity contribution is -0.220. The van der Waals surface area contributed by atoms with Crippen LogP contribution in [0.25, 0.3) is 0 Å². The van der Waals surface area contributed by atoms with Crippen LogP contribution in [0.5, 0.6) is 5.75 Å². The highest BCUT2D eigenvalue weighted by Crippen LogP contribution is 2.29. The van der Waals surface area contributed by atoms with Gasteiger partial charge in [-0.05, 0) is 31.4 Å². The van der Waals surface area contributed by atoms with Crippen LogP contribution < -0.4 is 4.74 Å². The summed E-state index contributed by atoms with van der Waals surface area (Å²) in [6.45, 7) is 3.50. The minimum absolute atomic E-state index is 0.148. The smallest absolute Gasteiger partial charge is 0.422 e. The van der Waals surface area contributed by atoms with E-state index in [2.05, 4.69) is 6.92 Å². The number of ether oxygens (including phenoxy) is 5. The Kier molecular flexibility index (Phi) is 8.17. The fourth-order valence-electron chi connectivity index (χ4n) is 3.49. The molecule has 0 amide bonds. The molecule has 0 bridgehead atoms. The molecule has 0 radical (unpaired) electrons. The zero-order chi connectivity index (χ0) is 20.7. The van der Waals surface area contributed by atoms with Crippen molar-refractivity contribution in [3.8, 4) is 5.75 Å². The fourth-order valence-corrected chi connectivity index (χ4v) is 3.49. The van der Waals surface area contributed by atoms with Crippen LogP contribution in [-0.2, 0) is 18.9 Å². The van der Waals surface area contributed by atoms with Crippen molar-refractivity contribution in [1.82, 2.24) is 0 Å². The number of benzene rings is 1. The van der Waals surface area contributed by atoms with E-state index in [1.54, 1.807) is 12.1 Å². The Labute approximate surface area is 169 Å². The molecule has 2 aliphatic rings. The summed E-state index contributed by atoms with van der Waals surface area (Å²) in [5.41, 5.74) is 0.753. The van der Waals surface area contributed by atoms with E-state index < -0.39 is 19.1 Å². The van der Waals surface area contributed by atoms with Gasteiger partial charge in [0.2, 0.25) is 0 Å². The van der Waals surface area contributed by atoms with E-state index in [4.69, 9.17) is 23.7 Å². The van der Waals surface area contributed by atoms with Crippen molar-refractivity contribution in [2.75, 3.05) is 33.0 Å². The molecule has 5 nitrogen and oxygen atoms in total. The second kappa shape index (κ2) is 10.6. The molecule has 29 heavy (non-hydrogen) atoms. The lowest BCUT2D eigenvalue weighted by Gasteiger charge is -2.32. The second-order valence-electron chi connectivity index (χ2n) is 7.67. The van der Waals surface area contributed by atoms with Crippen LogP contribution in [0, 0.1) is 11.8 Å². The van der Waals surface area contributed by atoms with Crippen molar-refractivity contribution < 1.29 is 36.9 Å². The standard InChI is InChI=1S/C21H29F3O5/c1-2-3-15-10-25-19(26-11-15)9-4-16-12-27-20(28-13-16)17-5-7-18(8-6-17)29-14-21(22,23)24/h5-8,15-16,19-20H,2-4,9-14H2,1H3/t15-,16-,19-,20-. The molecule has 2 aliphatic heterocycles. The van der Waals surface area contributed by atoms with E-state index in [1.807, 2.05) is 0 Å². The second-order valence-corrected chi connectivity index (χ2v) is 7.67.